The molecule has 0 aromatic carbocycles. The summed E-state index contributed by atoms with van der Waals surface area (Å²) in [4.78, 5) is 20.2. The first-order chi connectivity index (χ1) is 8.75. The maximum absolute atomic E-state index is 11.7. The number of carbonyl (C=O) groups excluding carboxylic acids is 1. The van der Waals surface area contributed by atoms with Crippen LogP contribution in [0.1, 0.15) is 11.4 Å². The second kappa shape index (κ2) is 5.85. The number of nitrogens with one attached hydrogen (secondary N) is 2. The van der Waals surface area contributed by atoms with Gasteiger partial charge in [0, 0.05) is 38.0 Å². The van der Waals surface area contributed by atoms with Gasteiger partial charge in [0.1, 0.15) is 12.0 Å². The van der Waals surface area contributed by atoms with Crippen molar-refractivity contribution in [3.05, 3.63) is 36.2 Å². The molecule has 2 aromatic heterocycles. The molecule has 0 aliphatic rings. The molecule has 7 nitrogen and oxygen atoms in total. The van der Waals surface area contributed by atoms with Gasteiger partial charge in [0.05, 0.1) is 12.9 Å². The number of aromatic nitrogens is 3. The Labute approximate surface area is 104 Å². The molecule has 2 amide bonds. The number of urea groups is 1. The molecule has 18 heavy (non-hydrogen) atoms. The van der Waals surface area contributed by atoms with E-state index in [0.29, 0.717) is 13.1 Å². The van der Waals surface area contributed by atoms with E-state index >= 15 is 0 Å². The zero-order valence-electron chi connectivity index (χ0n) is 10.1. The lowest BCUT2D eigenvalue weighted by Gasteiger charge is -2.16. The maximum atomic E-state index is 11.7. The van der Waals surface area contributed by atoms with Gasteiger partial charge in [-0.15, -0.1) is 0 Å². The molecule has 0 aliphatic heterocycles. The predicted molar refractivity (Wildman–Crippen MR) is 63.7 cm³/mol. The molecule has 2 rings (SSSR count). The number of carbonyl (C=O) groups is 1. The van der Waals surface area contributed by atoms with Crippen molar-refractivity contribution in [2.75, 3.05) is 13.6 Å². The van der Waals surface area contributed by atoms with Gasteiger partial charge in [-0.2, -0.15) is 0 Å². The summed E-state index contributed by atoms with van der Waals surface area (Å²) in [6, 6.07) is 1.59. The summed E-state index contributed by atoms with van der Waals surface area (Å²) in [6.07, 6.45) is 5.57. The maximum Gasteiger partial charge on any atom is 0.317 e. The van der Waals surface area contributed by atoms with Gasteiger partial charge in [0.2, 0.25) is 0 Å². The Morgan fingerprint density at radius 3 is 3.17 bits per heavy atom. The molecule has 0 saturated heterocycles. The van der Waals surface area contributed by atoms with Gasteiger partial charge >= 0.3 is 6.03 Å². The molecule has 0 unspecified atom stereocenters. The van der Waals surface area contributed by atoms with E-state index in [9.17, 15) is 4.79 Å². The number of imidazole rings is 1. The second-order valence-corrected chi connectivity index (χ2v) is 3.91. The highest BCUT2D eigenvalue weighted by Crippen LogP contribution is 1.99. The second-order valence-electron chi connectivity index (χ2n) is 3.91. The van der Waals surface area contributed by atoms with Crippen LogP contribution in [0.25, 0.3) is 0 Å². The molecule has 0 bridgehead atoms. The van der Waals surface area contributed by atoms with Crippen LogP contribution in [0.2, 0.25) is 0 Å². The van der Waals surface area contributed by atoms with Gasteiger partial charge < -0.3 is 19.7 Å². The van der Waals surface area contributed by atoms with Crippen LogP contribution in [0, 0.1) is 0 Å². The lowest BCUT2D eigenvalue weighted by Crippen LogP contribution is -2.37. The van der Waals surface area contributed by atoms with Crippen molar-refractivity contribution in [2.45, 2.75) is 13.0 Å². The minimum Gasteiger partial charge on any atom is -0.364 e. The fourth-order valence-corrected chi connectivity index (χ4v) is 1.49. The normalized spacial score (nSPS) is 10.3. The molecule has 0 aliphatic carbocycles. The molecule has 2 aromatic rings. The van der Waals surface area contributed by atoms with Crippen molar-refractivity contribution in [1.82, 2.24) is 25.3 Å². The summed E-state index contributed by atoms with van der Waals surface area (Å²) in [5.41, 5.74) is 1.72. The van der Waals surface area contributed by atoms with E-state index in [1.165, 1.54) is 6.26 Å². The van der Waals surface area contributed by atoms with Gasteiger partial charge in [-0.3, -0.25) is 0 Å². The Kier molecular flexibility index (Phi) is 3.95. The summed E-state index contributed by atoms with van der Waals surface area (Å²) in [7, 11) is 1.71. The third-order valence-corrected chi connectivity index (χ3v) is 2.46. The van der Waals surface area contributed by atoms with E-state index in [0.717, 1.165) is 17.8 Å². The highest BCUT2D eigenvalue weighted by atomic mass is 16.5. The summed E-state index contributed by atoms with van der Waals surface area (Å²) in [6.45, 7) is 0.983. The average Bonchev–Trinajstić information content (AvgIpc) is 3.01. The Hall–Kier alpha value is -2.31. The molecular weight excluding hydrogens is 234 g/mol. The van der Waals surface area contributed by atoms with Crippen LogP contribution in [0.15, 0.2) is 29.4 Å². The molecule has 2 heterocycles. The average molecular weight is 249 g/mol. The Morgan fingerprint density at radius 2 is 2.50 bits per heavy atom. The minimum atomic E-state index is -0.141. The molecule has 2 N–H and O–H groups in total. The van der Waals surface area contributed by atoms with Crippen molar-refractivity contribution in [2.24, 2.45) is 0 Å². The van der Waals surface area contributed by atoms with E-state index in [4.69, 9.17) is 4.52 Å². The van der Waals surface area contributed by atoms with Crippen LogP contribution in [0.3, 0.4) is 0 Å². The quantitative estimate of drug-likeness (QED) is 0.819. The van der Waals surface area contributed by atoms with E-state index in [1.807, 2.05) is 0 Å². The number of nitrogens with zero attached hydrogens (tertiary/aromatic N) is 3. The molecule has 0 atom stereocenters. The Morgan fingerprint density at radius 1 is 1.61 bits per heavy atom. The summed E-state index contributed by atoms with van der Waals surface area (Å²) < 4.78 is 4.71. The van der Waals surface area contributed by atoms with Crippen LogP contribution >= 0.6 is 0 Å². The summed E-state index contributed by atoms with van der Waals surface area (Å²) in [5.74, 6) is 0. The topological polar surface area (TPSA) is 87.1 Å². The van der Waals surface area contributed by atoms with Gasteiger partial charge in [-0.1, -0.05) is 5.16 Å². The van der Waals surface area contributed by atoms with Gasteiger partial charge in [0.15, 0.2) is 0 Å². The predicted octanol–water partition coefficient (Wildman–Crippen LogP) is 0.782. The standard InChI is InChI=1S/C11H15N5O2/c1-16(7-10-3-5-18-15-10)11(17)13-4-2-9-6-12-8-14-9/h3,5-6,8H,2,4,7H2,1H3,(H,12,14)(H,13,17). The van der Waals surface area contributed by atoms with Gasteiger partial charge in [-0.25, -0.2) is 9.78 Å². The van der Waals surface area contributed by atoms with E-state index in [2.05, 4.69) is 20.4 Å². The van der Waals surface area contributed by atoms with Crippen molar-refractivity contribution in [1.29, 1.82) is 0 Å². The first-order valence-corrected chi connectivity index (χ1v) is 5.61. The first kappa shape index (κ1) is 12.2. The number of hydrogen-bond donors (Lipinski definition) is 2. The smallest absolute Gasteiger partial charge is 0.317 e. The SMILES string of the molecule is CN(Cc1ccon1)C(=O)NCCc1cnc[nH]1. The number of H-pyrrole nitrogens is 1. The van der Waals surface area contributed by atoms with Crippen molar-refractivity contribution < 1.29 is 9.32 Å². The molecule has 0 radical (unpaired) electrons. The van der Waals surface area contributed by atoms with E-state index in [1.54, 1.807) is 30.5 Å². The zero-order chi connectivity index (χ0) is 12.8. The molecule has 7 heteroatoms. The lowest BCUT2D eigenvalue weighted by molar-refractivity contribution is 0.206. The van der Waals surface area contributed by atoms with Crippen LogP contribution in [0.4, 0.5) is 4.79 Å². The van der Waals surface area contributed by atoms with E-state index < -0.39 is 0 Å². The molecule has 0 saturated carbocycles. The van der Waals surface area contributed by atoms with Crippen LogP contribution in [0.5, 0.6) is 0 Å². The van der Waals surface area contributed by atoms with Crippen LogP contribution in [-0.4, -0.2) is 39.6 Å². The number of amides is 2. The van der Waals surface area contributed by atoms with Crippen molar-refractivity contribution in [3.8, 4) is 0 Å². The summed E-state index contributed by atoms with van der Waals surface area (Å²) >= 11 is 0. The Bertz CT molecular complexity index is 466. The zero-order valence-corrected chi connectivity index (χ0v) is 10.1. The number of aromatic amines is 1. The first-order valence-electron chi connectivity index (χ1n) is 5.61. The third-order valence-electron chi connectivity index (χ3n) is 2.46. The molecule has 0 spiro atoms. The van der Waals surface area contributed by atoms with Crippen LogP contribution < -0.4 is 5.32 Å². The monoisotopic (exact) mass is 249 g/mol. The lowest BCUT2D eigenvalue weighted by atomic mass is 10.3. The fourth-order valence-electron chi connectivity index (χ4n) is 1.49. The van der Waals surface area contributed by atoms with Crippen molar-refractivity contribution >= 4 is 6.03 Å². The third kappa shape index (κ3) is 3.34. The highest BCUT2D eigenvalue weighted by Gasteiger charge is 2.09. The molecule has 96 valence electrons. The largest absolute Gasteiger partial charge is 0.364 e. The van der Waals surface area contributed by atoms with Crippen molar-refractivity contribution in [3.63, 3.8) is 0 Å². The van der Waals surface area contributed by atoms with Gasteiger partial charge in [-0.05, 0) is 0 Å². The molecular formula is C11H15N5O2. The Balaban J connectivity index is 1.70. The fraction of sp³-hybridized carbons (Fsp3) is 0.364. The summed E-state index contributed by atoms with van der Waals surface area (Å²) in [5, 5.41) is 6.56. The number of hydrogen-bond acceptors (Lipinski definition) is 4. The number of rotatable bonds is 5. The van der Waals surface area contributed by atoms with Crippen LogP contribution in [-0.2, 0) is 13.0 Å². The minimum absolute atomic E-state index is 0.141. The molecule has 0 fully saturated rings. The van der Waals surface area contributed by atoms with Gasteiger partial charge in [0.25, 0.3) is 0 Å². The highest BCUT2D eigenvalue weighted by molar-refractivity contribution is 5.73. The van der Waals surface area contributed by atoms with E-state index in [-0.39, 0.29) is 6.03 Å².